The molecule has 0 unspecified atom stereocenters. The fourth-order valence-electron chi connectivity index (χ4n) is 2.60. The van der Waals surface area contributed by atoms with E-state index in [0.29, 0.717) is 11.7 Å². The molecule has 0 atom stereocenters. The van der Waals surface area contributed by atoms with Gasteiger partial charge in [0.15, 0.2) is 0 Å². The lowest BCUT2D eigenvalue weighted by molar-refractivity contribution is -0.119. The highest BCUT2D eigenvalue weighted by Crippen LogP contribution is 2.28. The zero-order chi connectivity index (χ0) is 13.1. The molecule has 1 N–H and O–H groups in total. The van der Waals surface area contributed by atoms with Gasteiger partial charge in [-0.3, -0.25) is 4.79 Å². The normalized spacial score (nSPS) is 16.9. The number of carbonyl (C=O) groups is 1. The lowest BCUT2D eigenvalue weighted by atomic mass is 9.89. The van der Waals surface area contributed by atoms with Crippen LogP contribution in [0.25, 0.3) is 0 Å². The minimum absolute atomic E-state index is 0.413. The number of nitrogens with zero attached hydrogens (tertiary/aromatic N) is 1. The molecule has 1 aliphatic heterocycles. The Morgan fingerprint density at radius 3 is 2.50 bits per heavy atom. The van der Waals surface area contributed by atoms with Gasteiger partial charge in [0.2, 0.25) is 6.41 Å². The lowest BCUT2D eigenvalue weighted by Gasteiger charge is -2.29. The van der Waals surface area contributed by atoms with Crippen LogP contribution in [0.4, 0.5) is 0 Å². The van der Waals surface area contributed by atoms with Crippen molar-refractivity contribution in [2.45, 2.75) is 33.1 Å². The first-order valence-corrected chi connectivity index (χ1v) is 6.58. The second-order valence-electron chi connectivity index (χ2n) is 5.35. The van der Waals surface area contributed by atoms with Crippen molar-refractivity contribution in [3.63, 3.8) is 0 Å². The number of hydrogen-bond acceptors (Lipinski definition) is 2. The molecule has 2 rings (SSSR count). The van der Waals surface area contributed by atoms with Crippen molar-refractivity contribution in [3.05, 3.63) is 28.8 Å². The van der Waals surface area contributed by atoms with Crippen LogP contribution in [0.15, 0.2) is 12.1 Å². The number of phenols is 1. The topological polar surface area (TPSA) is 40.5 Å². The maximum absolute atomic E-state index is 10.6. The van der Waals surface area contributed by atoms with Gasteiger partial charge < -0.3 is 10.0 Å². The number of rotatable bonds is 3. The van der Waals surface area contributed by atoms with Gasteiger partial charge in [-0.05, 0) is 61.8 Å². The predicted molar refractivity (Wildman–Crippen MR) is 71.6 cm³/mol. The fraction of sp³-hybridized carbons (Fsp3) is 0.533. The Morgan fingerprint density at radius 2 is 1.89 bits per heavy atom. The van der Waals surface area contributed by atoms with Gasteiger partial charge in [0.1, 0.15) is 5.75 Å². The molecule has 1 amide bonds. The van der Waals surface area contributed by atoms with E-state index in [0.717, 1.165) is 49.9 Å². The van der Waals surface area contributed by atoms with Gasteiger partial charge in [0.25, 0.3) is 0 Å². The molecule has 0 spiro atoms. The predicted octanol–water partition coefficient (Wildman–Crippen LogP) is 2.42. The van der Waals surface area contributed by atoms with Crippen LogP contribution in [0, 0.1) is 19.8 Å². The minimum Gasteiger partial charge on any atom is -0.508 e. The summed E-state index contributed by atoms with van der Waals surface area (Å²) in [6.07, 6.45) is 3.92. The van der Waals surface area contributed by atoms with Crippen molar-refractivity contribution in [1.29, 1.82) is 0 Å². The number of likely N-dealkylation sites (tertiary alicyclic amines) is 1. The number of amides is 1. The van der Waals surface area contributed by atoms with Gasteiger partial charge in [-0.25, -0.2) is 0 Å². The molecule has 1 fully saturated rings. The van der Waals surface area contributed by atoms with Crippen molar-refractivity contribution in [2.75, 3.05) is 13.1 Å². The fourth-order valence-corrected chi connectivity index (χ4v) is 2.60. The standard InChI is InChI=1S/C15H21NO2/c1-11-7-14(15(18)8-12(11)2)9-13-3-5-16(10-17)6-4-13/h7-8,10,13,18H,3-6,9H2,1-2H3. The first-order chi connectivity index (χ1) is 8.60. The van der Waals surface area contributed by atoms with Crippen LogP contribution in [0.1, 0.15) is 29.5 Å². The molecule has 1 aromatic rings. The minimum atomic E-state index is 0.413. The summed E-state index contributed by atoms with van der Waals surface area (Å²) in [6.45, 7) is 5.79. The molecule has 3 nitrogen and oxygen atoms in total. The maximum Gasteiger partial charge on any atom is 0.209 e. The van der Waals surface area contributed by atoms with E-state index in [-0.39, 0.29) is 0 Å². The molecular formula is C15H21NO2. The molecule has 0 radical (unpaired) electrons. The van der Waals surface area contributed by atoms with Crippen molar-refractivity contribution in [2.24, 2.45) is 5.92 Å². The molecule has 3 heteroatoms. The van der Waals surface area contributed by atoms with Crippen LogP contribution in [-0.4, -0.2) is 29.5 Å². The van der Waals surface area contributed by atoms with E-state index in [1.165, 1.54) is 5.56 Å². The zero-order valence-electron chi connectivity index (χ0n) is 11.1. The maximum atomic E-state index is 10.6. The van der Waals surface area contributed by atoms with E-state index < -0.39 is 0 Å². The average molecular weight is 247 g/mol. The monoisotopic (exact) mass is 247 g/mol. The third-order valence-corrected chi connectivity index (χ3v) is 4.00. The Labute approximate surface area is 108 Å². The third-order valence-electron chi connectivity index (χ3n) is 4.00. The van der Waals surface area contributed by atoms with E-state index in [1.807, 2.05) is 17.9 Å². The molecule has 1 aromatic carbocycles. The summed E-state index contributed by atoms with van der Waals surface area (Å²) < 4.78 is 0. The van der Waals surface area contributed by atoms with E-state index >= 15 is 0 Å². The number of aromatic hydroxyl groups is 1. The Balaban J connectivity index is 2.02. The second kappa shape index (κ2) is 5.42. The largest absolute Gasteiger partial charge is 0.508 e. The van der Waals surface area contributed by atoms with Crippen LogP contribution >= 0.6 is 0 Å². The molecule has 1 saturated heterocycles. The van der Waals surface area contributed by atoms with E-state index in [4.69, 9.17) is 0 Å². The van der Waals surface area contributed by atoms with Crippen LogP contribution in [-0.2, 0) is 11.2 Å². The molecule has 1 aliphatic rings. The number of benzene rings is 1. The Kier molecular flexibility index (Phi) is 3.90. The van der Waals surface area contributed by atoms with Gasteiger partial charge >= 0.3 is 0 Å². The highest BCUT2D eigenvalue weighted by Gasteiger charge is 2.19. The van der Waals surface area contributed by atoms with Crippen LogP contribution in [0.5, 0.6) is 5.75 Å². The van der Waals surface area contributed by atoms with Gasteiger partial charge in [0.05, 0.1) is 0 Å². The van der Waals surface area contributed by atoms with Crippen LogP contribution in [0.2, 0.25) is 0 Å². The molecule has 18 heavy (non-hydrogen) atoms. The Hall–Kier alpha value is -1.51. The number of hydrogen-bond donors (Lipinski definition) is 1. The Morgan fingerprint density at radius 1 is 1.28 bits per heavy atom. The van der Waals surface area contributed by atoms with E-state index in [1.54, 1.807) is 0 Å². The number of phenolic OH excluding ortho intramolecular Hbond substituents is 1. The number of piperidine rings is 1. The molecule has 0 aromatic heterocycles. The van der Waals surface area contributed by atoms with E-state index in [2.05, 4.69) is 13.0 Å². The van der Waals surface area contributed by atoms with Gasteiger partial charge in [-0.15, -0.1) is 0 Å². The SMILES string of the molecule is Cc1cc(O)c(CC2CCN(C=O)CC2)cc1C. The van der Waals surface area contributed by atoms with Crippen molar-refractivity contribution >= 4 is 6.41 Å². The quantitative estimate of drug-likeness (QED) is 0.833. The van der Waals surface area contributed by atoms with Gasteiger partial charge in [-0.1, -0.05) is 6.07 Å². The summed E-state index contributed by atoms with van der Waals surface area (Å²) in [4.78, 5) is 12.5. The first-order valence-electron chi connectivity index (χ1n) is 6.58. The number of carbonyl (C=O) groups excluding carboxylic acids is 1. The summed E-state index contributed by atoms with van der Waals surface area (Å²) in [5, 5.41) is 9.98. The highest BCUT2D eigenvalue weighted by molar-refractivity contribution is 5.47. The van der Waals surface area contributed by atoms with Crippen LogP contribution < -0.4 is 0 Å². The third kappa shape index (κ3) is 2.84. The summed E-state index contributed by atoms with van der Waals surface area (Å²) in [5.74, 6) is 0.991. The summed E-state index contributed by atoms with van der Waals surface area (Å²) in [5.41, 5.74) is 3.41. The second-order valence-corrected chi connectivity index (χ2v) is 5.35. The molecule has 98 valence electrons. The molecular weight excluding hydrogens is 226 g/mol. The summed E-state index contributed by atoms with van der Waals surface area (Å²) in [7, 11) is 0. The van der Waals surface area contributed by atoms with E-state index in [9.17, 15) is 9.90 Å². The Bertz CT molecular complexity index is 434. The molecule has 0 saturated carbocycles. The zero-order valence-corrected chi connectivity index (χ0v) is 11.1. The average Bonchev–Trinajstić information content (AvgIpc) is 2.37. The van der Waals surface area contributed by atoms with Crippen molar-refractivity contribution in [3.8, 4) is 5.75 Å². The first kappa shape index (κ1) is 12.9. The lowest BCUT2D eigenvalue weighted by Crippen LogP contribution is -2.33. The summed E-state index contributed by atoms with van der Waals surface area (Å²) in [6, 6.07) is 3.95. The van der Waals surface area contributed by atoms with Crippen molar-refractivity contribution < 1.29 is 9.90 Å². The van der Waals surface area contributed by atoms with Crippen LogP contribution in [0.3, 0.4) is 0 Å². The number of aryl methyl sites for hydroxylation is 2. The smallest absolute Gasteiger partial charge is 0.209 e. The van der Waals surface area contributed by atoms with Gasteiger partial charge in [0, 0.05) is 13.1 Å². The highest BCUT2D eigenvalue weighted by atomic mass is 16.3. The van der Waals surface area contributed by atoms with Crippen molar-refractivity contribution in [1.82, 2.24) is 4.90 Å². The summed E-state index contributed by atoms with van der Waals surface area (Å²) >= 11 is 0. The van der Waals surface area contributed by atoms with Gasteiger partial charge in [-0.2, -0.15) is 0 Å². The molecule has 1 heterocycles. The molecule has 0 aliphatic carbocycles. The molecule has 0 bridgehead atoms.